The molecule has 1 aliphatic rings. The van der Waals surface area contributed by atoms with Crippen molar-refractivity contribution in [2.24, 2.45) is 0 Å². The number of fused-ring (bicyclic) bond motifs is 1. The van der Waals surface area contributed by atoms with Crippen molar-refractivity contribution < 1.29 is 9.84 Å². The van der Waals surface area contributed by atoms with E-state index in [1.165, 1.54) is 0 Å². The topological polar surface area (TPSA) is 29.5 Å². The fourth-order valence-corrected chi connectivity index (χ4v) is 1.61. The molecule has 1 N–H and O–H groups in total. The van der Waals surface area contributed by atoms with Crippen LogP contribution in [-0.2, 0) is 11.3 Å². The summed E-state index contributed by atoms with van der Waals surface area (Å²) < 4.78 is 6.04. The molecule has 0 spiro atoms. The highest BCUT2D eigenvalue weighted by molar-refractivity contribution is 9.10. The van der Waals surface area contributed by atoms with Gasteiger partial charge in [0.2, 0.25) is 0 Å². The number of rotatable bonds is 0. The zero-order chi connectivity index (χ0) is 7.84. The first-order valence-corrected chi connectivity index (χ1v) is 4.14. The van der Waals surface area contributed by atoms with Crippen molar-refractivity contribution >= 4 is 15.9 Å². The summed E-state index contributed by atoms with van der Waals surface area (Å²) in [5.41, 5.74) is 1.94. The Morgan fingerprint density at radius 2 is 2.36 bits per heavy atom. The highest BCUT2D eigenvalue weighted by Gasteiger charge is 2.19. The third kappa shape index (κ3) is 1.20. The molecule has 0 amide bonds. The van der Waals surface area contributed by atoms with Crippen LogP contribution in [0.3, 0.4) is 0 Å². The average molecular weight is 215 g/mol. The lowest BCUT2D eigenvalue weighted by atomic mass is 10.1. The Morgan fingerprint density at radius 1 is 1.55 bits per heavy atom. The zero-order valence-electron chi connectivity index (χ0n) is 5.75. The van der Waals surface area contributed by atoms with Gasteiger partial charge in [-0.05, 0) is 17.7 Å². The quantitative estimate of drug-likeness (QED) is 0.716. The number of hydrogen-bond acceptors (Lipinski definition) is 2. The molecule has 0 aromatic heterocycles. The smallest absolute Gasteiger partial charge is 0.181 e. The molecule has 11 heavy (non-hydrogen) atoms. The first kappa shape index (κ1) is 7.28. The van der Waals surface area contributed by atoms with Crippen LogP contribution in [0.2, 0.25) is 0 Å². The number of ether oxygens (including phenoxy) is 1. The number of halogens is 1. The largest absolute Gasteiger partial charge is 0.364 e. The van der Waals surface area contributed by atoms with E-state index in [2.05, 4.69) is 15.9 Å². The minimum atomic E-state index is -0.724. The van der Waals surface area contributed by atoms with E-state index in [1.807, 2.05) is 18.2 Å². The van der Waals surface area contributed by atoms with Crippen LogP contribution < -0.4 is 0 Å². The number of aliphatic hydroxyl groups excluding tert-OH is 1. The van der Waals surface area contributed by atoms with E-state index in [0.29, 0.717) is 6.61 Å². The van der Waals surface area contributed by atoms with Crippen molar-refractivity contribution in [2.45, 2.75) is 12.9 Å². The summed E-state index contributed by atoms with van der Waals surface area (Å²) in [5.74, 6) is 0. The van der Waals surface area contributed by atoms with Crippen LogP contribution in [0, 0.1) is 0 Å². The highest BCUT2D eigenvalue weighted by atomic mass is 79.9. The average Bonchev–Trinajstić information content (AvgIpc) is 2.32. The third-order valence-corrected chi connectivity index (χ3v) is 2.26. The third-order valence-electron chi connectivity index (χ3n) is 1.77. The standard InChI is InChI=1S/C8H7BrO2/c9-6-1-2-7-5(3-6)4-11-8(7)10/h1-3,8,10H,4H2. The van der Waals surface area contributed by atoms with Gasteiger partial charge in [0.1, 0.15) is 0 Å². The van der Waals surface area contributed by atoms with E-state index >= 15 is 0 Å². The maximum Gasteiger partial charge on any atom is 0.181 e. The molecule has 0 radical (unpaired) electrons. The van der Waals surface area contributed by atoms with Crippen LogP contribution >= 0.6 is 15.9 Å². The lowest BCUT2D eigenvalue weighted by Crippen LogP contribution is -1.91. The molecule has 1 heterocycles. The fourth-order valence-electron chi connectivity index (χ4n) is 1.20. The van der Waals surface area contributed by atoms with Gasteiger partial charge in [-0.25, -0.2) is 0 Å². The highest BCUT2D eigenvalue weighted by Crippen LogP contribution is 2.30. The van der Waals surface area contributed by atoms with Gasteiger partial charge in [0.25, 0.3) is 0 Å². The van der Waals surface area contributed by atoms with Crippen LogP contribution in [0.1, 0.15) is 17.4 Å². The molecule has 1 unspecified atom stereocenters. The second-order valence-corrected chi connectivity index (χ2v) is 3.42. The molecule has 0 bridgehead atoms. The molecule has 1 aromatic rings. The second-order valence-electron chi connectivity index (χ2n) is 2.51. The van der Waals surface area contributed by atoms with Crippen LogP contribution in [0.5, 0.6) is 0 Å². The molecule has 2 rings (SSSR count). The zero-order valence-corrected chi connectivity index (χ0v) is 7.34. The van der Waals surface area contributed by atoms with E-state index in [4.69, 9.17) is 4.74 Å². The van der Waals surface area contributed by atoms with Crippen LogP contribution in [-0.4, -0.2) is 5.11 Å². The molecule has 2 nitrogen and oxygen atoms in total. The summed E-state index contributed by atoms with van der Waals surface area (Å²) in [6.07, 6.45) is -0.724. The van der Waals surface area contributed by atoms with Gasteiger partial charge in [0.15, 0.2) is 6.29 Å². The van der Waals surface area contributed by atoms with E-state index in [1.54, 1.807) is 0 Å². The Bertz CT molecular complexity index is 285. The molecular weight excluding hydrogens is 208 g/mol. The van der Waals surface area contributed by atoms with Gasteiger partial charge < -0.3 is 9.84 Å². The molecule has 0 saturated heterocycles. The molecule has 1 aromatic carbocycles. The molecule has 3 heteroatoms. The molecule has 58 valence electrons. The Morgan fingerprint density at radius 3 is 3.18 bits per heavy atom. The van der Waals surface area contributed by atoms with Gasteiger partial charge in [-0.1, -0.05) is 22.0 Å². The van der Waals surface area contributed by atoms with E-state index in [-0.39, 0.29) is 0 Å². The number of benzene rings is 1. The normalized spacial score (nSPS) is 21.8. The SMILES string of the molecule is OC1OCc2cc(Br)ccc21. The van der Waals surface area contributed by atoms with Crippen molar-refractivity contribution in [3.8, 4) is 0 Å². The molecule has 1 aliphatic heterocycles. The maximum atomic E-state index is 9.23. The first-order valence-electron chi connectivity index (χ1n) is 3.35. The summed E-state index contributed by atoms with van der Waals surface area (Å²) >= 11 is 3.35. The molecule has 0 fully saturated rings. The van der Waals surface area contributed by atoms with E-state index < -0.39 is 6.29 Å². The summed E-state index contributed by atoms with van der Waals surface area (Å²) in [4.78, 5) is 0. The summed E-state index contributed by atoms with van der Waals surface area (Å²) in [7, 11) is 0. The number of hydrogen-bond donors (Lipinski definition) is 1. The van der Waals surface area contributed by atoms with Crippen molar-refractivity contribution in [1.82, 2.24) is 0 Å². The Kier molecular flexibility index (Phi) is 1.71. The monoisotopic (exact) mass is 214 g/mol. The fraction of sp³-hybridized carbons (Fsp3) is 0.250. The minimum Gasteiger partial charge on any atom is -0.364 e. The van der Waals surface area contributed by atoms with Crippen molar-refractivity contribution in [2.75, 3.05) is 0 Å². The summed E-state index contributed by atoms with van der Waals surface area (Å²) in [6, 6.07) is 5.74. The second kappa shape index (κ2) is 2.59. The molecule has 0 saturated carbocycles. The number of aliphatic hydroxyl groups is 1. The van der Waals surface area contributed by atoms with Crippen molar-refractivity contribution in [3.63, 3.8) is 0 Å². The first-order chi connectivity index (χ1) is 5.27. The molecule has 0 aliphatic carbocycles. The van der Waals surface area contributed by atoms with E-state index in [9.17, 15) is 5.11 Å². The van der Waals surface area contributed by atoms with Crippen molar-refractivity contribution in [3.05, 3.63) is 33.8 Å². The lowest BCUT2D eigenvalue weighted by Gasteiger charge is -2.00. The van der Waals surface area contributed by atoms with Crippen molar-refractivity contribution in [1.29, 1.82) is 0 Å². The van der Waals surface area contributed by atoms with Crippen LogP contribution in [0.25, 0.3) is 0 Å². The summed E-state index contributed by atoms with van der Waals surface area (Å²) in [5, 5.41) is 9.23. The lowest BCUT2D eigenvalue weighted by molar-refractivity contribution is -0.0918. The van der Waals surface area contributed by atoms with Gasteiger partial charge in [-0.3, -0.25) is 0 Å². The Balaban J connectivity index is 2.50. The maximum absolute atomic E-state index is 9.23. The van der Waals surface area contributed by atoms with Gasteiger partial charge >= 0.3 is 0 Å². The molecular formula is C8H7BrO2. The Labute approximate surface area is 72.9 Å². The Hall–Kier alpha value is -0.380. The summed E-state index contributed by atoms with van der Waals surface area (Å²) in [6.45, 7) is 0.510. The predicted molar refractivity (Wildman–Crippen MR) is 43.9 cm³/mol. The van der Waals surface area contributed by atoms with Gasteiger partial charge in [0, 0.05) is 10.0 Å². The van der Waals surface area contributed by atoms with Gasteiger partial charge in [0.05, 0.1) is 6.61 Å². The van der Waals surface area contributed by atoms with Crippen LogP contribution in [0.4, 0.5) is 0 Å². The molecule has 1 atom stereocenters. The van der Waals surface area contributed by atoms with Gasteiger partial charge in [-0.2, -0.15) is 0 Å². The van der Waals surface area contributed by atoms with Crippen LogP contribution in [0.15, 0.2) is 22.7 Å². The van der Waals surface area contributed by atoms with E-state index in [0.717, 1.165) is 15.6 Å². The minimum absolute atomic E-state index is 0.510. The van der Waals surface area contributed by atoms with Gasteiger partial charge in [-0.15, -0.1) is 0 Å². The predicted octanol–water partition coefficient (Wildman–Crippen LogP) is 1.97.